The fourth-order valence-corrected chi connectivity index (χ4v) is 13.4. The Bertz CT molecular complexity index is 2740. The maximum absolute atomic E-state index is 7.25. The predicted molar refractivity (Wildman–Crippen MR) is 320 cm³/mol. The summed E-state index contributed by atoms with van der Waals surface area (Å²) in [6.45, 7) is 29.2. The van der Waals surface area contributed by atoms with Crippen LogP contribution >= 0.6 is 47.0 Å². The summed E-state index contributed by atoms with van der Waals surface area (Å²) in [5, 5.41) is 0. The number of benzene rings is 8. The van der Waals surface area contributed by atoms with Crippen LogP contribution in [0, 0.1) is 0 Å². The Hall–Kier alpha value is -5.64. The second-order valence-corrected chi connectivity index (χ2v) is 28.0. The van der Waals surface area contributed by atoms with Gasteiger partial charge in [0.15, 0.2) is 0 Å². The van der Waals surface area contributed by atoms with Crippen molar-refractivity contribution in [3.8, 4) is 23.0 Å². The van der Waals surface area contributed by atoms with Crippen LogP contribution < -0.4 is 18.9 Å². The molecule has 0 saturated heterocycles. The van der Waals surface area contributed by atoms with Crippen LogP contribution in [0.3, 0.4) is 0 Å². The molecule has 0 amide bonds. The molecule has 8 aromatic rings. The maximum atomic E-state index is 7.25. The summed E-state index contributed by atoms with van der Waals surface area (Å²) in [5.74, 6) is 3.29. The van der Waals surface area contributed by atoms with E-state index in [-0.39, 0.29) is 21.7 Å². The average Bonchev–Trinajstić information content (AvgIpc) is 3.41. The highest BCUT2D eigenvalue weighted by Crippen LogP contribution is 2.57. The monoisotopic (exact) mass is 1080 g/mol. The zero-order valence-corrected chi connectivity index (χ0v) is 49.5. The second-order valence-electron chi connectivity index (χ2n) is 23.7. The first-order valence-corrected chi connectivity index (χ1v) is 29.5. The van der Waals surface area contributed by atoms with Crippen molar-refractivity contribution < 1.29 is 18.9 Å². The maximum Gasteiger partial charge on any atom is 0.147 e. The highest BCUT2D eigenvalue weighted by Gasteiger charge is 2.31. The van der Waals surface area contributed by atoms with E-state index in [1.807, 2.05) is 0 Å². The molecule has 0 radical (unpaired) electrons. The average molecular weight is 1080 g/mol. The standard InChI is InChI=1S/C68H72O4S4/c1-65(2,3)49-33-53-61(69-41-45-25-17-13-18-26-45)54(34-49)74-56-36-51(67(7,8)9)38-58(63(56)71-43-47-29-21-15-22-30-47)76-60-40-52(68(10,11)12)39-59(64(60)72-44-48-31-23-16-24-32-48)75-57-37-50(66(4,5)6)35-55(73-53)62(57)70-42-46-27-19-14-20-28-46/h13-40H,41-44H2,1-12H3. The second kappa shape index (κ2) is 23.1. The Morgan fingerprint density at radius 3 is 0.553 bits per heavy atom. The highest BCUT2D eigenvalue weighted by molar-refractivity contribution is 8.01. The third-order valence-corrected chi connectivity index (χ3v) is 17.5. The van der Waals surface area contributed by atoms with Crippen molar-refractivity contribution in [1.82, 2.24) is 0 Å². The molecule has 9 rings (SSSR count). The van der Waals surface area contributed by atoms with E-state index >= 15 is 0 Å². The zero-order chi connectivity index (χ0) is 53.8. The van der Waals surface area contributed by atoms with Gasteiger partial charge in [0.1, 0.15) is 49.4 Å². The Balaban J connectivity index is 1.38. The third-order valence-electron chi connectivity index (χ3n) is 13.3. The summed E-state index contributed by atoms with van der Waals surface area (Å²) in [5.41, 5.74) is 8.41. The molecular weight excluding hydrogens is 1010 g/mol. The largest absolute Gasteiger partial charge is 0.487 e. The zero-order valence-electron chi connectivity index (χ0n) is 46.3. The number of ether oxygens (including phenoxy) is 4. The van der Waals surface area contributed by atoms with Crippen LogP contribution in [-0.2, 0) is 48.1 Å². The predicted octanol–water partition coefficient (Wildman–Crippen LogP) is 20.1. The van der Waals surface area contributed by atoms with Crippen molar-refractivity contribution in [2.75, 3.05) is 0 Å². The Kier molecular flexibility index (Phi) is 16.8. The van der Waals surface area contributed by atoms with Gasteiger partial charge in [-0.15, -0.1) is 0 Å². The van der Waals surface area contributed by atoms with E-state index in [2.05, 4.69) is 253 Å². The first-order chi connectivity index (χ1) is 36.2. The van der Waals surface area contributed by atoms with Gasteiger partial charge >= 0.3 is 0 Å². The lowest BCUT2D eigenvalue weighted by Crippen LogP contribution is -2.14. The van der Waals surface area contributed by atoms with Crippen LogP contribution in [0.4, 0.5) is 0 Å². The Morgan fingerprint density at radius 1 is 0.250 bits per heavy atom. The van der Waals surface area contributed by atoms with Gasteiger partial charge in [-0.2, -0.15) is 0 Å². The summed E-state index contributed by atoms with van der Waals surface area (Å²) in [6.07, 6.45) is 0. The molecule has 1 aliphatic rings. The van der Waals surface area contributed by atoms with Gasteiger partial charge in [-0.05, 0) is 115 Å². The van der Waals surface area contributed by atoms with Gasteiger partial charge in [-0.1, -0.05) is 251 Å². The molecule has 0 atom stereocenters. The van der Waals surface area contributed by atoms with Crippen molar-refractivity contribution in [1.29, 1.82) is 0 Å². The molecule has 0 saturated carbocycles. The summed E-state index contributed by atoms with van der Waals surface area (Å²) in [4.78, 5) is 8.12. The van der Waals surface area contributed by atoms with E-state index in [0.29, 0.717) is 26.4 Å². The first kappa shape index (κ1) is 55.1. The Morgan fingerprint density at radius 2 is 0.408 bits per heavy atom. The molecule has 1 aliphatic heterocycles. The van der Waals surface area contributed by atoms with Gasteiger partial charge in [-0.3, -0.25) is 0 Å². The third kappa shape index (κ3) is 13.7. The molecule has 1 heterocycles. The van der Waals surface area contributed by atoms with Gasteiger partial charge < -0.3 is 18.9 Å². The lowest BCUT2D eigenvalue weighted by molar-refractivity contribution is 0.287. The molecule has 0 fully saturated rings. The molecule has 0 aliphatic carbocycles. The number of fused-ring (bicyclic) bond motifs is 8. The topological polar surface area (TPSA) is 36.9 Å². The van der Waals surface area contributed by atoms with Crippen LogP contribution in [0.15, 0.2) is 209 Å². The highest BCUT2D eigenvalue weighted by atomic mass is 32.2. The molecule has 0 unspecified atom stereocenters. The summed E-state index contributed by atoms with van der Waals surface area (Å²) in [7, 11) is 0. The van der Waals surface area contributed by atoms with Gasteiger partial charge in [0.2, 0.25) is 0 Å². The number of rotatable bonds is 12. The summed E-state index contributed by atoms with van der Waals surface area (Å²) in [6, 6.07) is 60.8. The normalized spacial score (nSPS) is 13.0. The van der Waals surface area contributed by atoms with Crippen LogP contribution in [-0.4, -0.2) is 0 Å². The van der Waals surface area contributed by atoms with E-state index in [0.717, 1.165) is 84.4 Å². The fraction of sp³-hybridized carbons (Fsp3) is 0.294. The van der Waals surface area contributed by atoms with Crippen molar-refractivity contribution >= 4 is 47.0 Å². The van der Waals surface area contributed by atoms with E-state index < -0.39 is 0 Å². The lowest BCUT2D eigenvalue weighted by atomic mass is 9.87. The van der Waals surface area contributed by atoms with Crippen LogP contribution in [0.1, 0.15) is 128 Å². The molecule has 4 nitrogen and oxygen atoms in total. The molecule has 76 heavy (non-hydrogen) atoms. The lowest BCUT2D eigenvalue weighted by Gasteiger charge is -2.28. The van der Waals surface area contributed by atoms with Gasteiger partial charge in [0, 0.05) is 0 Å². The minimum atomic E-state index is -0.200. The molecule has 392 valence electrons. The Labute approximate surface area is 470 Å². The summed E-state index contributed by atoms with van der Waals surface area (Å²) >= 11 is 6.92. The van der Waals surface area contributed by atoms with E-state index in [9.17, 15) is 0 Å². The van der Waals surface area contributed by atoms with Crippen molar-refractivity contribution in [3.05, 3.63) is 214 Å². The molecule has 0 spiro atoms. The van der Waals surface area contributed by atoms with Crippen LogP contribution in [0.5, 0.6) is 23.0 Å². The number of hydrogen-bond donors (Lipinski definition) is 0. The minimum Gasteiger partial charge on any atom is -0.487 e. The van der Waals surface area contributed by atoms with Gasteiger partial charge in [0.25, 0.3) is 0 Å². The van der Waals surface area contributed by atoms with Crippen molar-refractivity contribution in [2.24, 2.45) is 0 Å². The molecule has 8 heteroatoms. The van der Waals surface area contributed by atoms with E-state index in [1.165, 1.54) is 22.3 Å². The van der Waals surface area contributed by atoms with Gasteiger partial charge in [0.05, 0.1) is 39.2 Å². The fourth-order valence-electron chi connectivity index (χ4n) is 8.61. The van der Waals surface area contributed by atoms with Crippen molar-refractivity contribution in [3.63, 3.8) is 0 Å². The molecular formula is C68H72O4S4. The smallest absolute Gasteiger partial charge is 0.147 e. The van der Waals surface area contributed by atoms with Crippen molar-refractivity contribution in [2.45, 2.75) is 170 Å². The summed E-state index contributed by atoms with van der Waals surface area (Å²) < 4.78 is 29.0. The van der Waals surface area contributed by atoms with Crippen LogP contribution in [0.2, 0.25) is 0 Å². The molecule has 0 aromatic heterocycles. The van der Waals surface area contributed by atoms with Crippen LogP contribution in [0.25, 0.3) is 0 Å². The first-order valence-electron chi connectivity index (χ1n) is 26.3. The number of hydrogen-bond acceptors (Lipinski definition) is 8. The quantitative estimate of drug-likeness (QED) is 0.120. The minimum absolute atomic E-state index is 0.200. The SMILES string of the molecule is CC(C)(C)c1cc2c(OCc3ccccc3)c(c1)Sc1cc(C(C)(C)C)cc(c1OCc1ccccc1)Sc1cc(C(C)(C)C)cc(c1OCc1ccccc1)Sc1cc(C(C)(C)C)cc(c1OCc1ccccc1)S2. The molecule has 8 bridgehead atoms. The van der Waals surface area contributed by atoms with E-state index in [1.54, 1.807) is 47.0 Å². The van der Waals surface area contributed by atoms with E-state index in [4.69, 9.17) is 18.9 Å². The molecule has 8 aromatic carbocycles. The van der Waals surface area contributed by atoms with Gasteiger partial charge in [-0.25, -0.2) is 0 Å². The molecule has 0 N–H and O–H groups in total.